The lowest BCUT2D eigenvalue weighted by Gasteiger charge is -2.20. The maximum atomic E-state index is 10.2. The van der Waals surface area contributed by atoms with Gasteiger partial charge in [-0.2, -0.15) is 0 Å². The molecule has 0 saturated carbocycles. The van der Waals surface area contributed by atoms with Gasteiger partial charge in [-0.25, -0.2) is 0 Å². The fraction of sp³-hybridized carbons (Fsp3) is 0.294. The Morgan fingerprint density at radius 1 is 0.955 bits per heavy atom. The summed E-state index contributed by atoms with van der Waals surface area (Å²) in [6, 6.07) is 13.9. The van der Waals surface area contributed by atoms with Crippen molar-refractivity contribution in [2.75, 3.05) is 13.2 Å². The first-order chi connectivity index (χ1) is 10.7. The zero-order valence-electron chi connectivity index (χ0n) is 12.2. The Balaban J connectivity index is 2.01. The van der Waals surface area contributed by atoms with Crippen LogP contribution in [0.4, 0.5) is 0 Å². The van der Waals surface area contributed by atoms with Crippen LogP contribution in [-0.2, 0) is 6.61 Å². The second kappa shape index (κ2) is 7.91. The van der Waals surface area contributed by atoms with Crippen molar-refractivity contribution in [3.63, 3.8) is 0 Å². The van der Waals surface area contributed by atoms with Crippen molar-refractivity contribution in [3.8, 4) is 5.75 Å². The number of aromatic hydroxyl groups is 1. The predicted molar refractivity (Wildman–Crippen MR) is 83.3 cm³/mol. The average Bonchev–Trinajstić information content (AvgIpc) is 2.56. The molecule has 2 rings (SSSR count). The van der Waals surface area contributed by atoms with Crippen molar-refractivity contribution in [1.29, 1.82) is 0 Å². The smallest absolute Gasteiger partial charge is 0.121 e. The Bertz CT molecular complexity index is 588. The summed E-state index contributed by atoms with van der Waals surface area (Å²) in [5, 5.41) is 41.5. The van der Waals surface area contributed by atoms with Crippen molar-refractivity contribution < 1.29 is 20.4 Å². The molecule has 0 heterocycles. The molecule has 5 heteroatoms. The van der Waals surface area contributed by atoms with Gasteiger partial charge in [0, 0.05) is 12.1 Å². The van der Waals surface area contributed by atoms with Gasteiger partial charge in [0.25, 0.3) is 0 Å². The van der Waals surface area contributed by atoms with Crippen molar-refractivity contribution in [2.24, 2.45) is 0 Å². The van der Waals surface area contributed by atoms with E-state index in [4.69, 9.17) is 5.11 Å². The summed E-state index contributed by atoms with van der Waals surface area (Å²) in [6.07, 6.45) is -0.802. The van der Waals surface area contributed by atoms with Crippen LogP contribution in [0.3, 0.4) is 0 Å². The highest BCUT2D eigenvalue weighted by atomic mass is 16.3. The van der Waals surface area contributed by atoms with Gasteiger partial charge in [0.15, 0.2) is 0 Å². The average molecular weight is 303 g/mol. The summed E-state index contributed by atoms with van der Waals surface area (Å²) >= 11 is 0. The van der Waals surface area contributed by atoms with E-state index in [2.05, 4.69) is 5.32 Å². The number of benzene rings is 2. The maximum Gasteiger partial charge on any atom is 0.121 e. The van der Waals surface area contributed by atoms with E-state index in [1.165, 1.54) is 6.07 Å². The summed E-state index contributed by atoms with van der Waals surface area (Å²) in [6.45, 7) is -0.118. The van der Waals surface area contributed by atoms with E-state index < -0.39 is 6.10 Å². The lowest BCUT2D eigenvalue weighted by atomic mass is 10.0. The Kier molecular flexibility index (Phi) is 5.91. The molecular weight excluding hydrogens is 282 g/mol. The molecule has 0 amide bonds. The zero-order chi connectivity index (χ0) is 15.9. The molecule has 5 N–H and O–H groups in total. The van der Waals surface area contributed by atoms with Crippen molar-refractivity contribution in [3.05, 3.63) is 65.2 Å². The van der Waals surface area contributed by atoms with Crippen LogP contribution in [0.1, 0.15) is 28.8 Å². The minimum Gasteiger partial charge on any atom is -0.508 e. The first-order valence-corrected chi connectivity index (χ1v) is 7.15. The number of rotatable bonds is 7. The topological polar surface area (TPSA) is 93.0 Å². The van der Waals surface area contributed by atoms with Crippen LogP contribution in [0.15, 0.2) is 48.5 Å². The molecule has 0 aliphatic heterocycles. The Morgan fingerprint density at radius 2 is 1.68 bits per heavy atom. The highest BCUT2D eigenvalue weighted by molar-refractivity contribution is 5.36. The molecule has 2 unspecified atom stereocenters. The number of hydrogen-bond acceptors (Lipinski definition) is 5. The summed E-state index contributed by atoms with van der Waals surface area (Å²) in [4.78, 5) is 0. The molecular formula is C17H21NO4. The van der Waals surface area contributed by atoms with Gasteiger partial charge in [0.1, 0.15) is 5.75 Å². The highest BCUT2D eigenvalue weighted by Gasteiger charge is 2.14. The van der Waals surface area contributed by atoms with Gasteiger partial charge in [0.05, 0.1) is 25.4 Å². The van der Waals surface area contributed by atoms with Crippen molar-refractivity contribution in [2.45, 2.75) is 18.8 Å². The van der Waals surface area contributed by atoms with Crippen LogP contribution in [0.5, 0.6) is 5.75 Å². The lowest BCUT2D eigenvalue weighted by Crippen LogP contribution is -2.28. The SMILES string of the molecule is OCc1cc(C(O)CNC(CO)c2ccccc2)ccc1O. The summed E-state index contributed by atoms with van der Waals surface area (Å²) in [7, 11) is 0. The van der Waals surface area contributed by atoms with Gasteiger partial charge in [-0.05, 0) is 23.3 Å². The fourth-order valence-electron chi connectivity index (χ4n) is 2.28. The first-order valence-electron chi connectivity index (χ1n) is 7.15. The number of aliphatic hydroxyl groups excluding tert-OH is 3. The molecule has 22 heavy (non-hydrogen) atoms. The molecule has 0 fully saturated rings. The second-order valence-corrected chi connectivity index (χ2v) is 5.12. The number of aliphatic hydroxyl groups is 3. The maximum absolute atomic E-state index is 10.2. The van der Waals surface area contributed by atoms with E-state index in [9.17, 15) is 15.3 Å². The zero-order valence-corrected chi connectivity index (χ0v) is 12.2. The van der Waals surface area contributed by atoms with E-state index in [1.807, 2.05) is 30.3 Å². The molecule has 5 nitrogen and oxygen atoms in total. The standard InChI is InChI=1S/C17H21NO4/c19-10-14-8-13(6-7-16(14)21)17(22)9-18-15(11-20)12-4-2-1-3-5-12/h1-8,15,17-22H,9-11H2. The minimum absolute atomic E-state index is 0.00364. The van der Waals surface area contributed by atoms with E-state index >= 15 is 0 Å². The third-order valence-corrected chi connectivity index (χ3v) is 3.60. The van der Waals surface area contributed by atoms with Crippen molar-refractivity contribution in [1.82, 2.24) is 5.32 Å². The molecule has 2 aromatic carbocycles. The molecule has 0 radical (unpaired) electrons. The molecule has 0 aliphatic carbocycles. The largest absolute Gasteiger partial charge is 0.508 e. The fourth-order valence-corrected chi connectivity index (χ4v) is 2.28. The van der Waals surface area contributed by atoms with Crippen LogP contribution in [0.25, 0.3) is 0 Å². The van der Waals surface area contributed by atoms with Gasteiger partial charge in [-0.1, -0.05) is 36.4 Å². The van der Waals surface area contributed by atoms with Gasteiger partial charge in [-0.15, -0.1) is 0 Å². The van der Waals surface area contributed by atoms with Gasteiger partial charge in [-0.3, -0.25) is 0 Å². The predicted octanol–water partition coefficient (Wildman–Crippen LogP) is 1.24. The molecule has 2 aromatic rings. The van der Waals surface area contributed by atoms with E-state index in [0.29, 0.717) is 11.1 Å². The molecule has 0 saturated heterocycles. The van der Waals surface area contributed by atoms with E-state index in [1.54, 1.807) is 12.1 Å². The third kappa shape index (κ3) is 4.05. The van der Waals surface area contributed by atoms with E-state index in [-0.39, 0.29) is 31.5 Å². The first kappa shape index (κ1) is 16.5. The minimum atomic E-state index is -0.802. The molecule has 118 valence electrons. The third-order valence-electron chi connectivity index (χ3n) is 3.60. The van der Waals surface area contributed by atoms with Crippen LogP contribution in [0.2, 0.25) is 0 Å². The summed E-state index contributed by atoms with van der Waals surface area (Å²) in [5.74, 6) is 0.00364. The molecule has 2 atom stereocenters. The molecule has 0 bridgehead atoms. The lowest BCUT2D eigenvalue weighted by molar-refractivity contribution is 0.158. The monoisotopic (exact) mass is 303 g/mol. The van der Waals surface area contributed by atoms with E-state index in [0.717, 1.165) is 5.56 Å². The van der Waals surface area contributed by atoms with Crippen LogP contribution >= 0.6 is 0 Å². The molecule has 0 aromatic heterocycles. The highest BCUT2D eigenvalue weighted by Crippen LogP contribution is 2.23. The Hall–Kier alpha value is -1.92. The molecule has 0 spiro atoms. The van der Waals surface area contributed by atoms with Crippen LogP contribution in [-0.4, -0.2) is 33.6 Å². The van der Waals surface area contributed by atoms with Crippen molar-refractivity contribution >= 4 is 0 Å². The summed E-state index contributed by atoms with van der Waals surface area (Å²) < 4.78 is 0. The number of nitrogens with one attached hydrogen (secondary N) is 1. The number of phenols is 1. The van der Waals surface area contributed by atoms with Gasteiger partial charge >= 0.3 is 0 Å². The van der Waals surface area contributed by atoms with Crippen LogP contribution < -0.4 is 5.32 Å². The Labute approximate surface area is 129 Å². The molecule has 0 aliphatic rings. The summed E-state index contributed by atoms with van der Waals surface area (Å²) in [5.41, 5.74) is 1.91. The normalized spacial score (nSPS) is 13.8. The Morgan fingerprint density at radius 3 is 2.32 bits per heavy atom. The quantitative estimate of drug-likeness (QED) is 0.531. The number of hydrogen-bond donors (Lipinski definition) is 5. The van der Waals surface area contributed by atoms with Crippen LogP contribution in [0, 0.1) is 0 Å². The van der Waals surface area contributed by atoms with Gasteiger partial charge < -0.3 is 25.7 Å². The second-order valence-electron chi connectivity index (χ2n) is 5.12. The van der Waals surface area contributed by atoms with Gasteiger partial charge in [0.2, 0.25) is 0 Å².